The highest BCUT2D eigenvalue weighted by Crippen LogP contribution is 2.19. The zero-order chi connectivity index (χ0) is 19.2. The Balaban J connectivity index is 1.67. The molecule has 1 heterocycles. The zero-order valence-corrected chi connectivity index (χ0v) is 15.8. The number of methoxy groups -OCH3 is 1. The van der Waals surface area contributed by atoms with E-state index in [4.69, 9.17) is 4.74 Å². The monoisotopic (exact) mass is 361 g/mol. The van der Waals surface area contributed by atoms with E-state index in [1.807, 2.05) is 49.4 Å². The Labute approximate surface area is 159 Å². The number of amides is 1. The minimum absolute atomic E-state index is 0.170. The molecule has 0 aliphatic carbocycles. The van der Waals surface area contributed by atoms with Crippen LogP contribution in [0.15, 0.2) is 65.8 Å². The van der Waals surface area contributed by atoms with Crippen LogP contribution in [0.2, 0.25) is 0 Å². The Morgan fingerprint density at radius 1 is 1.11 bits per heavy atom. The van der Waals surface area contributed by atoms with Crippen molar-refractivity contribution in [3.8, 4) is 11.4 Å². The van der Waals surface area contributed by atoms with Crippen LogP contribution >= 0.6 is 0 Å². The number of para-hydroxylation sites is 1. The second kappa shape index (κ2) is 8.36. The predicted molar refractivity (Wildman–Crippen MR) is 108 cm³/mol. The van der Waals surface area contributed by atoms with Crippen molar-refractivity contribution in [3.63, 3.8) is 0 Å². The summed E-state index contributed by atoms with van der Waals surface area (Å²) in [6, 6.07) is 19.7. The summed E-state index contributed by atoms with van der Waals surface area (Å²) in [7, 11) is 1.61. The van der Waals surface area contributed by atoms with E-state index in [1.165, 1.54) is 0 Å². The number of aryl methyl sites for hydroxylation is 1. The second-order valence-electron chi connectivity index (χ2n) is 6.32. The van der Waals surface area contributed by atoms with Gasteiger partial charge >= 0.3 is 0 Å². The van der Waals surface area contributed by atoms with E-state index in [9.17, 15) is 4.79 Å². The van der Waals surface area contributed by atoms with E-state index in [-0.39, 0.29) is 12.3 Å². The average Bonchev–Trinajstić information content (AvgIpc) is 2.96. The third kappa shape index (κ3) is 4.44. The molecule has 3 rings (SSSR count). The maximum atomic E-state index is 12.1. The fraction of sp³-hybridized carbons (Fsp3) is 0.182. The average molecular weight is 361 g/mol. The number of carbonyl (C=O) groups excluding carboxylic acids is 1. The molecule has 0 spiro atoms. The van der Waals surface area contributed by atoms with Gasteiger partial charge < -0.3 is 9.30 Å². The van der Waals surface area contributed by atoms with Crippen LogP contribution in [0.4, 0.5) is 0 Å². The quantitative estimate of drug-likeness (QED) is 0.536. The van der Waals surface area contributed by atoms with E-state index < -0.39 is 0 Å². The zero-order valence-electron chi connectivity index (χ0n) is 15.8. The van der Waals surface area contributed by atoms with Crippen LogP contribution in [0.5, 0.6) is 5.75 Å². The summed E-state index contributed by atoms with van der Waals surface area (Å²) in [6.07, 6.45) is 1.93. The molecule has 1 aromatic heterocycles. The van der Waals surface area contributed by atoms with E-state index in [0.717, 1.165) is 34.0 Å². The van der Waals surface area contributed by atoms with Crippen molar-refractivity contribution in [1.82, 2.24) is 9.99 Å². The number of nitrogens with zero attached hydrogens (tertiary/aromatic N) is 2. The Kier molecular flexibility index (Phi) is 5.71. The molecule has 0 atom stereocenters. The number of rotatable bonds is 6. The van der Waals surface area contributed by atoms with Gasteiger partial charge in [0.05, 0.1) is 19.7 Å². The third-order valence-corrected chi connectivity index (χ3v) is 4.38. The summed E-state index contributed by atoms with van der Waals surface area (Å²) < 4.78 is 7.34. The highest BCUT2D eigenvalue weighted by atomic mass is 16.5. The largest absolute Gasteiger partial charge is 0.497 e. The molecule has 1 N–H and O–H groups in total. The van der Waals surface area contributed by atoms with Gasteiger partial charge in [-0.2, -0.15) is 5.10 Å². The van der Waals surface area contributed by atoms with Gasteiger partial charge in [0.1, 0.15) is 5.75 Å². The molecule has 0 saturated heterocycles. The lowest BCUT2D eigenvalue weighted by Crippen LogP contribution is -2.19. The minimum atomic E-state index is -0.170. The summed E-state index contributed by atoms with van der Waals surface area (Å²) in [5.74, 6) is 0.563. The van der Waals surface area contributed by atoms with Gasteiger partial charge in [-0.3, -0.25) is 4.79 Å². The first kappa shape index (κ1) is 18.5. The fourth-order valence-corrected chi connectivity index (χ4v) is 3.07. The normalized spacial score (nSPS) is 10.9. The molecule has 5 nitrogen and oxygen atoms in total. The standard InChI is InChI=1S/C22H23N3O2/c1-16-12-19(17(2)25(16)20-9-5-4-6-10-20)15-23-24-22(26)14-18-8-7-11-21(13-18)27-3/h4-13,15H,14H2,1-3H3,(H,24,26)/b23-15+. The highest BCUT2D eigenvalue weighted by Gasteiger charge is 2.09. The fourth-order valence-electron chi connectivity index (χ4n) is 3.07. The molecule has 0 fully saturated rings. The molecule has 0 aliphatic heterocycles. The molecule has 0 radical (unpaired) electrons. The van der Waals surface area contributed by atoms with Crippen molar-refractivity contribution < 1.29 is 9.53 Å². The van der Waals surface area contributed by atoms with Crippen molar-refractivity contribution in [2.45, 2.75) is 20.3 Å². The molecular formula is C22H23N3O2. The molecule has 0 aliphatic rings. The molecule has 1 amide bonds. The van der Waals surface area contributed by atoms with Crippen molar-refractivity contribution in [2.75, 3.05) is 7.11 Å². The number of hydrogen-bond donors (Lipinski definition) is 1. The maximum absolute atomic E-state index is 12.1. The van der Waals surface area contributed by atoms with Gasteiger partial charge in [0, 0.05) is 22.6 Å². The molecule has 3 aromatic rings. The lowest BCUT2D eigenvalue weighted by Gasteiger charge is -2.09. The topological polar surface area (TPSA) is 55.6 Å². The summed E-state index contributed by atoms with van der Waals surface area (Å²) in [5, 5.41) is 4.12. The summed E-state index contributed by atoms with van der Waals surface area (Å²) in [5.41, 5.74) is 7.74. The lowest BCUT2D eigenvalue weighted by molar-refractivity contribution is -0.120. The van der Waals surface area contributed by atoms with Gasteiger partial charge in [-0.25, -0.2) is 5.43 Å². The van der Waals surface area contributed by atoms with E-state index >= 15 is 0 Å². The third-order valence-electron chi connectivity index (χ3n) is 4.38. The smallest absolute Gasteiger partial charge is 0.244 e. The van der Waals surface area contributed by atoms with Crippen LogP contribution in [0.3, 0.4) is 0 Å². The van der Waals surface area contributed by atoms with Crippen molar-refractivity contribution in [1.29, 1.82) is 0 Å². The summed E-state index contributed by atoms with van der Waals surface area (Å²) >= 11 is 0. The van der Waals surface area contributed by atoms with Gasteiger partial charge in [0.2, 0.25) is 5.91 Å². The highest BCUT2D eigenvalue weighted by molar-refractivity contribution is 5.84. The summed E-state index contributed by atoms with van der Waals surface area (Å²) in [4.78, 5) is 12.1. The lowest BCUT2D eigenvalue weighted by atomic mass is 10.1. The molecule has 0 bridgehead atoms. The van der Waals surface area contributed by atoms with E-state index in [1.54, 1.807) is 13.3 Å². The first-order chi connectivity index (χ1) is 13.1. The van der Waals surface area contributed by atoms with Crippen LogP contribution in [-0.4, -0.2) is 23.8 Å². The first-order valence-electron chi connectivity index (χ1n) is 8.77. The van der Waals surface area contributed by atoms with E-state index in [0.29, 0.717) is 0 Å². The molecule has 2 aromatic carbocycles. The van der Waals surface area contributed by atoms with Crippen LogP contribution < -0.4 is 10.2 Å². The second-order valence-corrected chi connectivity index (χ2v) is 6.32. The van der Waals surface area contributed by atoms with Gasteiger partial charge in [-0.1, -0.05) is 30.3 Å². The van der Waals surface area contributed by atoms with E-state index in [2.05, 4.69) is 40.2 Å². The number of ether oxygens (including phenoxy) is 1. The molecule has 5 heteroatoms. The van der Waals surface area contributed by atoms with Gasteiger partial charge in [0.15, 0.2) is 0 Å². The predicted octanol–water partition coefficient (Wildman–Crippen LogP) is 3.80. The molecule has 27 heavy (non-hydrogen) atoms. The van der Waals surface area contributed by atoms with Crippen molar-refractivity contribution >= 4 is 12.1 Å². The van der Waals surface area contributed by atoms with Crippen LogP contribution in [0.1, 0.15) is 22.5 Å². The SMILES string of the molecule is COc1cccc(CC(=O)N/N=C/c2cc(C)n(-c3ccccc3)c2C)c1. The maximum Gasteiger partial charge on any atom is 0.244 e. The number of benzene rings is 2. The van der Waals surface area contributed by atoms with Crippen LogP contribution in [0.25, 0.3) is 5.69 Å². The number of aromatic nitrogens is 1. The Morgan fingerprint density at radius 3 is 2.63 bits per heavy atom. The molecule has 0 unspecified atom stereocenters. The van der Waals surface area contributed by atoms with Crippen molar-refractivity contribution in [2.24, 2.45) is 5.10 Å². The minimum Gasteiger partial charge on any atom is -0.497 e. The number of nitrogens with one attached hydrogen (secondary N) is 1. The Hall–Kier alpha value is -3.34. The van der Waals surface area contributed by atoms with Crippen LogP contribution in [0, 0.1) is 13.8 Å². The molecule has 0 saturated carbocycles. The number of hydrogen-bond acceptors (Lipinski definition) is 3. The van der Waals surface area contributed by atoms with Gasteiger partial charge in [0.25, 0.3) is 0 Å². The number of hydrazone groups is 1. The summed E-state index contributed by atoms with van der Waals surface area (Å²) in [6.45, 7) is 4.10. The Bertz CT molecular complexity index is 959. The van der Waals surface area contributed by atoms with Crippen molar-refractivity contribution in [3.05, 3.63) is 83.2 Å². The van der Waals surface area contributed by atoms with Gasteiger partial charge in [-0.05, 0) is 49.7 Å². The van der Waals surface area contributed by atoms with Gasteiger partial charge in [-0.15, -0.1) is 0 Å². The number of carbonyl (C=O) groups is 1. The van der Waals surface area contributed by atoms with Crippen LogP contribution in [-0.2, 0) is 11.2 Å². The molecular weight excluding hydrogens is 338 g/mol. The first-order valence-corrected chi connectivity index (χ1v) is 8.77. The molecule has 138 valence electrons. The Morgan fingerprint density at radius 2 is 1.89 bits per heavy atom.